The highest BCUT2D eigenvalue weighted by Crippen LogP contribution is 2.51. The molecule has 2 aliphatic heterocycles. The Labute approximate surface area is 154 Å². The zero-order valence-electron chi connectivity index (χ0n) is 14.3. The molecule has 2 unspecified atom stereocenters. The Bertz CT molecular complexity index is 979. The molecule has 136 valence electrons. The van der Waals surface area contributed by atoms with E-state index >= 15 is 0 Å². The lowest BCUT2D eigenvalue weighted by molar-refractivity contribution is -0.115. The van der Waals surface area contributed by atoms with E-state index < -0.39 is 0 Å². The van der Waals surface area contributed by atoms with Gasteiger partial charge < -0.3 is 5.32 Å². The number of aromatic amines is 1. The van der Waals surface area contributed by atoms with Gasteiger partial charge in [0.25, 0.3) is 0 Å². The van der Waals surface area contributed by atoms with Crippen LogP contribution in [0.5, 0.6) is 0 Å². The van der Waals surface area contributed by atoms with E-state index in [1.807, 2.05) is 18.2 Å². The highest BCUT2D eigenvalue weighted by atomic mass is 19.2. The van der Waals surface area contributed by atoms with E-state index in [1.165, 1.54) is 12.4 Å². The first-order chi connectivity index (χ1) is 13.2. The van der Waals surface area contributed by atoms with E-state index in [2.05, 4.69) is 38.1 Å². The number of hydrogen-bond donors (Lipinski definition) is 3. The molecule has 0 fully saturated rings. The minimum absolute atomic E-state index is 0.0911. The summed E-state index contributed by atoms with van der Waals surface area (Å²) in [6.07, 6.45) is 5.17. The minimum Gasteiger partial charge on any atom is -0.329 e. The Balaban J connectivity index is 1.73. The van der Waals surface area contributed by atoms with E-state index in [0.717, 1.165) is 28.7 Å². The summed E-state index contributed by atoms with van der Waals surface area (Å²) in [5.74, 6) is 0.245. The number of benzene rings is 1. The van der Waals surface area contributed by atoms with Gasteiger partial charge in [-0.15, -0.1) is 5.23 Å². The van der Waals surface area contributed by atoms with Gasteiger partial charge in [-0.05, 0) is 23.1 Å². The van der Waals surface area contributed by atoms with Crippen LogP contribution in [0.2, 0.25) is 0 Å². The normalized spacial score (nSPS) is 24.6. The molecular weight excluding hydrogens is 347 g/mol. The maximum absolute atomic E-state index is 14.4. The number of rotatable bonds is 2. The average Bonchev–Trinajstić information content (AvgIpc) is 3.16. The van der Waals surface area contributed by atoms with Crippen LogP contribution in [0, 0.1) is 0 Å². The van der Waals surface area contributed by atoms with Crippen LogP contribution in [-0.2, 0) is 4.79 Å². The van der Waals surface area contributed by atoms with Crippen LogP contribution in [0.1, 0.15) is 29.6 Å². The fourth-order valence-electron chi connectivity index (χ4n) is 4.22. The van der Waals surface area contributed by atoms with Crippen LogP contribution in [-0.4, -0.2) is 32.9 Å². The van der Waals surface area contributed by atoms with Crippen LogP contribution < -0.4 is 10.7 Å². The van der Waals surface area contributed by atoms with Crippen molar-refractivity contribution in [2.45, 2.75) is 18.3 Å². The summed E-state index contributed by atoms with van der Waals surface area (Å²) in [4.78, 5) is 16.5. The molecule has 3 heterocycles. The highest BCUT2D eigenvalue weighted by Gasteiger charge is 2.42. The summed E-state index contributed by atoms with van der Waals surface area (Å²) in [5.41, 5.74) is 6.77. The van der Waals surface area contributed by atoms with E-state index in [0.29, 0.717) is 17.6 Å². The molecule has 0 radical (unpaired) electrons. The van der Waals surface area contributed by atoms with Crippen molar-refractivity contribution in [2.24, 2.45) is 0 Å². The minimum atomic E-state index is -0.363. The first-order valence-corrected chi connectivity index (χ1v) is 8.77. The fraction of sp³-hybridized carbons (Fsp3) is 0.211. The molecule has 2 aromatic rings. The van der Waals surface area contributed by atoms with Gasteiger partial charge in [0.05, 0.1) is 5.92 Å². The van der Waals surface area contributed by atoms with Crippen LogP contribution in [0.3, 0.4) is 0 Å². The van der Waals surface area contributed by atoms with Gasteiger partial charge in [0.1, 0.15) is 17.8 Å². The largest absolute Gasteiger partial charge is 0.329 e. The predicted molar refractivity (Wildman–Crippen MR) is 95.2 cm³/mol. The second kappa shape index (κ2) is 6.17. The molecule has 1 aliphatic carbocycles. The second-order valence-electron chi connectivity index (χ2n) is 6.80. The van der Waals surface area contributed by atoms with Gasteiger partial charge in [-0.1, -0.05) is 34.8 Å². The number of hydrogen-bond acceptors (Lipinski definition) is 5. The Kier molecular flexibility index (Phi) is 3.64. The molecule has 1 aromatic carbocycles. The van der Waals surface area contributed by atoms with Crippen molar-refractivity contribution >= 4 is 5.91 Å². The van der Waals surface area contributed by atoms with Crippen LogP contribution in [0.25, 0.3) is 0 Å². The Morgan fingerprint density at radius 3 is 2.85 bits per heavy atom. The summed E-state index contributed by atoms with van der Waals surface area (Å²) >= 11 is 0. The van der Waals surface area contributed by atoms with Crippen LogP contribution in [0.4, 0.5) is 4.48 Å². The fourth-order valence-corrected chi connectivity index (χ4v) is 4.22. The smallest absolute Gasteiger partial charge is 0.250 e. The lowest BCUT2D eigenvalue weighted by Gasteiger charge is -2.40. The molecule has 1 amide bonds. The number of carbonyl (C=O) groups is 1. The number of aromatic nitrogens is 3. The monoisotopic (exact) mass is 364 g/mol. The zero-order valence-corrected chi connectivity index (χ0v) is 14.3. The molecular formula is C19H17FN6O. The summed E-state index contributed by atoms with van der Waals surface area (Å²) in [7, 11) is 0. The molecule has 3 aliphatic rings. The number of halogens is 1. The third-order valence-electron chi connectivity index (χ3n) is 5.34. The topological polar surface area (TPSA) is 85.9 Å². The van der Waals surface area contributed by atoms with Crippen molar-refractivity contribution in [2.75, 3.05) is 6.54 Å². The first kappa shape index (κ1) is 16.0. The van der Waals surface area contributed by atoms with Gasteiger partial charge in [0, 0.05) is 30.3 Å². The van der Waals surface area contributed by atoms with Gasteiger partial charge in [0.15, 0.2) is 0 Å². The molecule has 2 atom stereocenters. The van der Waals surface area contributed by atoms with E-state index in [1.54, 1.807) is 6.20 Å². The summed E-state index contributed by atoms with van der Waals surface area (Å²) in [5, 5.41) is 10.2. The molecule has 0 spiro atoms. The van der Waals surface area contributed by atoms with Gasteiger partial charge in [-0.3, -0.25) is 9.89 Å². The predicted octanol–water partition coefficient (Wildman–Crippen LogP) is 1.97. The van der Waals surface area contributed by atoms with Crippen molar-refractivity contribution in [1.29, 1.82) is 0 Å². The van der Waals surface area contributed by atoms with Crippen molar-refractivity contribution in [3.63, 3.8) is 0 Å². The number of H-pyrrole nitrogens is 1. The number of nitrogens with zero attached hydrogens (tertiary/aromatic N) is 3. The highest BCUT2D eigenvalue weighted by molar-refractivity contribution is 5.91. The van der Waals surface area contributed by atoms with Crippen LogP contribution in [0.15, 0.2) is 71.4 Å². The van der Waals surface area contributed by atoms with E-state index in [9.17, 15) is 9.28 Å². The molecule has 27 heavy (non-hydrogen) atoms. The molecule has 0 saturated carbocycles. The third-order valence-corrected chi connectivity index (χ3v) is 5.34. The van der Waals surface area contributed by atoms with E-state index in [4.69, 9.17) is 0 Å². The van der Waals surface area contributed by atoms with Crippen molar-refractivity contribution in [1.82, 2.24) is 31.2 Å². The van der Waals surface area contributed by atoms with Gasteiger partial charge in [0.2, 0.25) is 5.91 Å². The van der Waals surface area contributed by atoms with Gasteiger partial charge >= 0.3 is 0 Å². The molecule has 8 heteroatoms. The summed E-state index contributed by atoms with van der Waals surface area (Å²) in [6.45, 7) is 0.390. The summed E-state index contributed by atoms with van der Waals surface area (Å²) in [6, 6.07) is 10.2. The number of hydrazine groups is 1. The average molecular weight is 364 g/mol. The zero-order chi connectivity index (χ0) is 18.4. The summed E-state index contributed by atoms with van der Waals surface area (Å²) < 4.78 is 14.4. The number of carbonyl (C=O) groups excluding carboxylic acids is 1. The Hall–Kier alpha value is -3.26. The standard InChI is InChI=1S/C19H17FN6O/c20-26-15-7-16(27)21-9-14-17(15)12(8-24-26)6-13(11-4-2-1-3-5-11)18(14)19-22-10-23-25-19/h1-5,7,9-10,13,18,24H,6,8H2,(H,21,27)(H,22,23,25). The maximum atomic E-state index is 14.4. The molecule has 7 nitrogen and oxygen atoms in total. The third kappa shape index (κ3) is 2.57. The number of amides is 1. The first-order valence-electron chi connectivity index (χ1n) is 8.77. The Morgan fingerprint density at radius 1 is 1.22 bits per heavy atom. The second-order valence-corrected chi connectivity index (χ2v) is 6.80. The molecule has 1 aromatic heterocycles. The maximum Gasteiger partial charge on any atom is 0.250 e. The Morgan fingerprint density at radius 2 is 2.07 bits per heavy atom. The number of allylic oxidation sites excluding steroid dienone is 1. The molecule has 5 rings (SSSR count). The van der Waals surface area contributed by atoms with Crippen molar-refractivity contribution < 1.29 is 9.28 Å². The van der Waals surface area contributed by atoms with E-state index in [-0.39, 0.29) is 23.4 Å². The molecule has 0 saturated heterocycles. The quantitative estimate of drug-likeness (QED) is 0.710. The van der Waals surface area contributed by atoms with Crippen molar-refractivity contribution in [3.05, 3.63) is 82.7 Å². The van der Waals surface area contributed by atoms with Crippen molar-refractivity contribution in [3.8, 4) is 0 Å². The van der Waals surface area contributed by atoms with Gasteiger partial charge in [-0.25, -0.2) is 10.4 Å². The molecule has 3 N–H and O–H groups in total. The molecule has 0 bridgehead atoms. The number of nitrogens with one attached hydrogen (secondary N) is 3. The SMILES string of the molecule is O=C1C=C2C3=C(CNN2F)CC(c2ccccc2)C(c2ncn[nH]2)C3=CN1. The van der Waals surface area contributed by atoms with Gasteiger partial charge in [-0.2, -0.15) is 5.10 Å². The lowest BCUT2D eigenvalue weighted by Crippen LogP contribution is -2.41. The van der Waals surface area contributed by atoms with Crippen LogP contribution >= 0.6 is 0 Å². The lowest BCUT2D eigenvalue weighted by atomic mass is 9.68.